The van der Waals surface area contributed by atoms with Gasteiger partial charge in [-0.2, -0.15) is 0 Å². The number of hydrogen-bond donors (Lipinski definition) is 1. The lowest BCUT2D eigenvalue weighted by molar-refractivity contribution is -0.380. The molecule has 1 fully saturated rings. The fourth-order valence-corrected chi connectivity index (χ4v) is 3.01. The summed E-state index contributed by atoms with van der Waals surface area (Å²) in [4.78, 5) is 48.1. The van der Waals surface area contributed by atoms with Gasteiger partial charge in [0.2, 0.25) is 0 Å². The van der Waals surface area contributed by atoms with Crippen LogP contribution in [0.4, 0.5) is 15.5 Å². The lowest BCUT2D eigenvalue weighted by atomic mass is 10.1. The van der Waals surface area contributed by atoms with E-state index in [-0.39, 0.29) is 10.6 Å². The second-order valence-electron chi connectivity index (χ2n) is 5.23. The van der Waals surface area contributed by atoms with E-state index in [1.807, 2.05) is 6.92 Å². The molecule has 0 radical (unpaired) electrons. The second kappa shape index (κ2) is 6.29. The predicted octanol–water partition coefficient (Wildman–Crippen LogP) is 2.63. The lowest BCUT2D eigenvalue weighted by Crippen LogP contribution is -2.54. The average Bonchev–Trinajstić information content (AvgIpc) is 3.02. The largest absolute Gasteiger partial charge is 0.335 e. The van der Waals surface area contributed by atoms with Crippen molar-refractivity contribution in [3.8, 4) is 0 Å². The molecule has 0 unspecified atom stereocenters. The van der Waals surface area contributed by atoms with Crippen LogP contribution in [0.1, 0.15) is 10.4 Å². The van der Waals surface area contributed by atoms with E-state index < -0.39 is 22.8 Å². The number of barbiturate groups is 1. The van der Waals surface area contributed by atoms with Gasteiger partial charge in [0.05, 0.1) is 10.6 Å². The third-order valence-corrected chi connectivity index (χ3v) is 4.46. The summed E-state index contributed by atoms with van der Waals surface area (Å²) in [6, 6.07) is 8.53. The lowest BCUT2D eigenvalue weighted by Gasteiger charge is -2.26. The molecule has 0 saturated carbocycles. The molecule has 1 N–H and O–H groups in total. The molecule has 1 aliphatic heterocycles. The molecule has 3 rings (SSSR count). The number of nitro groups is 1. The van der Waals surface area contributed by atoms with Crippen molar-refractivity contribution in [3.05, 3.63) is 62.5 Å². The predicted molar refractivity (Wildman–Crippen MR) is 91.2 cm³/mol. The average molecular weight is 357 g/mol. The van der Waals surface area contributed by atoms with Gasteiger partial charge < -0.3 is 0 Å². The maximum Gasteiger partial charge on any atom is 0.335 e. The highest BCUT2D eigenvalue weighted by molar-refractivity contribution is 7.16. The number of nitrogens with one attached hydrogen (secondary N) is 1. The van der Waals surface area contributed by atoms with Gasteiger partial charge in [0.25, 0.3) is 11.8 Å². The van der Waals surface area contributed by atoms with Crippen LogP contribution in [0.25, 0.3) is 6.08 Å². The second-order valence-corrected chi connectivity index (χ2v) is 6.32. The van der Waals surface area contributed by atoms with E-state index in [1.54, 1.807) is 24.3 Å². The number of hydrogen-bond acceptors (Lipinski definition) is 6. The molecule has 2 aromatic rings. The minimum atomic E-state index is -0.840. The van der Waals surface area contributed by atoms with Crippen molar-refractivity contribution in [2.75, 3.05) is 4.90 Å². The smallest absolute Gasteiger partial charge is 0.273 e. The van der Waals surface area contributed by atoms with E-state index in [1.165, 1.54) is 18.2 Å². The molecule has 0 spiro atoms. The van der Waals surface area contributed by atoms with Gasteiger partial charge in [0.15, 0.2) is 0 Å². The summed E-state index contributed by atoms with van der Waals surface area (Å²) in [6.07, 6.45) is 1.24. The van der Waals surface area contributed by atoms with Crippen LogP contribution in [-0.4, -0.2) is 22.8 Å². The summed E-state index contributed by atoms with van der Waals surface area (Å²) in [5, 5.41) is 12.7. The Morgan fingerprint density at radius 3 is 2.40 bits per heavy atom. The van der Waals surface area contributed by atoms with E-state index in [4.69, 9.17) is 0 Å². The summed E-state index contributed by atoms with van der Waals surface area (Å²) >= 11 is 0.827. The van der Waals surface area contributed by atoms with Gasteiger partial charge in [0, 0.05) is 10.9 Å². The van der Waals surface area contributed by atoms with Crippen LogP contribution in [0.15, 0.2) is 42.0 Å². The van der Waals surface area contributed by atoms with Crippen molar-refractivity contribution >= 4 is 45.9 Å². The third-order valence-electron chi connectivity index (χ3n) is 3.47. The summed E-state index contributed by atoms with van der Waals surface area (Å²) in [5.41, 5.74) is 1.01. The number of amides is 4. The number of imide groups is 2. The number of nitrogens with zero attached hydrogens (tertiary/aromatic N) is 2. The van der Waals surface area contributed by atoms with Gasteiger partial charge in [-0.15, -0.1) is 0 Å². The van der Waals surface area contributed by atoms with Crippen LogP contribution in [0.5, 0.6) is 0 Å². The molecule has 126 valence electrons. The first-order chi connectivity index (χ1) is 11.9. The van der Waals surface area contributed by atoms with Gasteiger partial charge >= 0.3 is 11.0 Å². The monoisotopic (exact) mass is 357 g/mol. The number of thiophene rings is 1. The molecular formula is C16H11N3O5S. The van der Waals surface area contributed by atoms with Crippen LogP contribution >= 0.6 is 11.3 Å². The number of urea groups is 1. The highest BCUT2D eigenvalue weighted by Crippen LogP contribution is 2.28. The fourth-order valence-electron chi connectivity index (χ4n) is 2.25. The zero-order chi connectivity index (χ0) is 18.1. The Labute approximate surface area is 145 Å². The third kappa shape index (κ3) is 3.17. The van der Waals surface area contributed by atoms with E-state index in [2.05, 4.69) is 5.32 Å². The highest BCUT2D eigenvalue weighted by Gasteiger charge is 2.36. The number of aryl methyl sites for hydroxylation is 1. The van der Waals surface area contributed by atoms with Crippen molar-refractivity contribution in [1.29, 1.82) is 0 Å². The quantitative estimate of drug-likeness (QED) is 0.393. The summed E-state index contributed by atoms with van der Waals surface area (Å²) in [5.74, 6) is -1.62. The molecule has 1 aromatic heterocycles. The molecule has 1 aliphatic rings. The number of carbonyl (C=O) groups excluding carboxylic acids is 3. The normalized spacial score (nSPS) is 16.3. The molecule has 0 atom stereocenters. The molecule has 4 amide bonds. The number of anilines is 1. The van der Waals surface area contributed by atoms with Crippen LogP contribution in [0.2, 0.25) is 0 Å². The standard InChI is InChI=1S/C16H11N3O5S/c1-9-2-4-10(5-3-9)18-15(21)12(14(20)17-16(18)22)8-11-6-7-13(25-11)19(23)24/h2-8H,1H3,(H,17,20,22). The van der Waals surface area contributed by atoms with Gasteiger partial charge in [0.1, 0.15) is 5.57 Å². The van der Waals surface area contributed by atoms with E-state index in [0.29, 0.717) is 10.6 Å². The Kier molecular flexibility index (Phi) is 4.15. The zero-order valence-electron chi connectivity index (χ0n) is 12.9. The molecule has 8 nitrogen and oxygen atoms in total. The Morgan fingerprint density at radius 2 is 1.80 bits per heavy atom. The topological polar surface area (TPSA) is 110 Å². The number of rotatable bonds is 3. The first kappa shape index (κ1) is 16.5. The molecule has 2 heterocycles. The van der Waals surface area contributed by atoms with E-state index in [0.717, 1.165) is 21.8 Å². The van der Waals surface area contributed by atoms with Crippen LogP contribution in [-0.2, 0) is 9.59 Å². The first-order valence-corrected chi connectivity index (χ1v) is 7.91. The molecule has 0 aliphatic carbocycles. The molecule has 0 bridgehead atoms. The fraction of sp³-hybridized carbons (Fsp3) is 0.0625. The van der Waals surface area contributed by atoms with Gasteiger partial charge in [-0.3, -0.25) is 25.0 Å². The van der Waals surface area contributed by atoms with E-state index in [9.17, 15) is 24.5 Å². The van der Waals surface area contributed by atoms with Crippen molar-refractivity contribution in [2.45, 2.75) is 6.92 Å². The first-order valence-electron chi connectivity index (χ1n) is 7.09. The SMILES string of the molecule is Cc1ccc(N2C(=O)NC(=O)C(=Cc3ccc([N+](=O)[O-])s3)C2=O)cc1. The number of carbonyl (C=O) groups is 3. The maximum atomic E-state index is 12.6. The minimum Gasteiger partial charge on any atom is -0.273 e. The molecule has 9 heteroatoms. The molecule has 25 heavy (non-hydrogen) atoms. The van der Waals surface area contributed by atoms with Crippen molar-refractivity contribution in [3.63, 3.8) is 0 Å². The zero-order valence-corrected chi connectivity index (χ0v) is 13.7. The van der Waals surface area contributed by atoms with Crippen LogP contribution < -0.4 is 10.2 Å². The van der Waals surface area contributed by atoms with Crippen molar-refractivity contribution < 1.29 is 19.3 Å². The van der Waals surface area contributed by atoms with Gasteiger partial charge in [-0.05, 0) is 31.2 Å². The Bertz CT molecular complexity index is 930. The van der Waals surface area contributed by atoms with Crippen LogP contribution in [0.3, 0.4) is 0 Å². The molecule has 1 saturated heterocycles. The van der Waals surface area contributed by atoms with Gasteiger partial charge in [-0.25, -0.2) is 9.69 Å². The Morgan fingerprint density at radius 1 is 1.12 bits per heavy atom. The maximum absolute atomic E-state index is 12.6. The molecule has 1 aromatic carbocycles. The Hall–Kier alpha value is -3.33. The summed E-state index contributed by atoms with van der Waals surface area (Å²) in [6.45, 7) is 1.86. The molecular weight excluding hydrogens is 346 g/mol. The highest BCUT2D eigenvalue weighted by atomic mass is 32.1. The summed E-state index contributed by atoms with van der Waals surface area (Å²) < 4.78 is 0. The minimum absolute atomic E-state index is 0.109. The Balaban J connectivity index is 1.98. The van der Waals surface area contributed by atoms with Crippen molar-refractivity contribution in [2.24, 2.45) is 0 Å². The summed E-state index contributed by atoms with van der Waals surface area (Å²) in [7, 11) is 0. The van der Waals surface area contributed by atoms with Crippen LogP contribution in [0, 0.1) is 17.0 Å². The van der Waals surface area contributed by atoms with E-state index >= 15 is 0 Å². The number of benzene rings is 1. The van der Waals surface area contributed by atoms with Gasteiger partial charge in [-0.1, -0.05) is 29.0 Å². The van der Waals surface area contributed by atoms with Crippen molar-refractivity contribution in [1.82, 2.24) is 5.32 Å².